The maximum atomic E-state index is 13.3. The van der Waals surface area contributed by atoms with E-state index in [0.29, 0.717) is 26.3 Å². The standard InChI is InChI=1S/C21H32FN3O3.HI/c1-3-23-20(24-14-21(15-26)8-10-27-11-9-21)25-12-16(2)28-19(13-25)17-4-6-18(22)7-5-17;/h4-7,16,19,26H,3,8-15H2,1-2H3,(H,23,24);1H. The molecule has 8 heteroatoms. The Bertz CT molecular complexity index is 653. The summed E-state index contributed by atoms with van der Waals surface area (Å²) in [6.45, 7) is 8.28. The van der Waals surface area contributed by atoms with Gasteiger partial charge in [0.1, 0.15) is 11.9 Å². The molecule has 6 nitrogen and oxygen atoms in total. The van der Waals surface area contributed by atoms with Gasteiger partial charge in [-0.05, 0) is 44.4 Å². The van der Waals surface area contributed by atoms with Crippen LogP contribution < -0.4 is 5.32 Å². The van der Waals surface area contributed by atoms with Crippen LogP contribution >= 0.6 is 24.0 Å². The number of benzene rings is 1. The zero-order valence-corrected chi connectivity index (χ0v) is 19.6. The predicted octanol–water partition coefficient (Wildman–Crippen LogP) is 2.96. The smallest absolute Gasteiger partial charge is 0.194 e. The van der Waals surface area contributed by atoms with Crippen LogP contribution in [-0.4, -0.2) is 68.1 Å². The highest BCUT2D eigenvalue weighted by Gasteiger charge is 2.33. The van der Waals surface area contributed by atoms with Crippen LogP contribution in [-0.2, 0) is 9.47 Å². The van der Waals surface area contributed by atoms with Crippen molar-refractivity contribution in [2.45, 2.75) is 38.9 Å². The van der Waals surface area contributed by atoms with Gasteiger partial charge in [-0.2, -0.15) is 0 Å². The van der Waals surface area contributed by atoms with Crippen molar-refractivity contribution in [3.63, 3.8) is 0 Å². The molecule has 164 valence electrons. The molecule has 2 heterocycles. The maximum absolute atomic E-state index is 13.3. The van der Waals surface area contributed by atoms with E-state index in [0.717, 1.165) is 37.5 Å². The van der Waals surface area contributed by atoms with E-state index < -0.39 is 0 Å². The Morgan fingerprint density at radius 2 is 1.97 bits per heavy atom. The second kappa shape index (κ2) is 11.4. The summed E-state index contributed by atoms with van der Waals surface area (Å²) in [6, 6.07) is 6.50. The van der Waals surface area contributed by atoms with Gasteiger partial charge in [0.15, 0.2) is 5.96 Å². The van der Waals surface area contributed by atoms with E-state index in [1.807, 2.05) is 13.8 Å². The first kappa shape index (κ1) is 24.3. The van der Waals surface area contributed by atoms with Gasteiger partial charge in [-0.25, -0.2) is 4.39 Å². The van der Waals surface area contributed by atoms with E-state index in [9.17, 15) is 9.50 Å². The van der Waals surface area contributed by atoms with Crippen molar-refractivity contribution >= 4 is 29.9 Å². The zero-order valence-electron chi connectivity index (χ0n) is 17.3. The van der Waals surface area contributed by atoms with E-state index in [4.69, 9.17) is 14.5 Å². The largest absolute Gasteiger partial charge is 0.396 e. The van der Waals surface area contributed by atoms with Crippen LogP contribution in [0.5, 0.6) is 0 Å². The number of aliphatic hydroxyl groups excluding tert-OH is 1. The molecule has 2 aliphatic heterocycles. The lowest BCUT2D eigenvalue weighted by Crippen LogP contribution is -2.51. The van der Waals surface area contributed by atoms with E-state index in [1.165, 1.54) is 12.1 Å². The van der Waals surface area contributed by atoms with Gasteiger partial charge >= 0.3 is 0 Å². The molecule has 2 unspecified atom stereocenters. The number of guanidine groups is 1. The van der Waals surface area contributed by atoms with Crippen molar-refractivity contribution in [1.29, 1.82) is 0 Å². The molecule has 2 atom stereocenters. The first-order chi connectivity index (χ1) is 13.5. The Kier molecular flexibility index (Phi) is 9.58. The molecule has 2 aliphatic rings. The van der Waals surface area contributed by atoms with Crippen LogP contribution in [0.2, 0.25) is 0 Å². The van der Waals surface area contributed by atoms with Crippen molar-refractivity contribution in [2.75, 3.05) is 46.0 Å². The summed E-state index contributed by atoms with van der Waals surface area (Å²) in [7, 11) is 0. The topological polar surface area (TPSA) is 66.3 Å². The van der Waals surface area contributed by atoms with Crippen molar-refractivity contribution < 1.29 is 19.0 Å². The Balaban J connectivity index is 0.00000300. The second-order valence-corrected chi connectivity index (χ2v) is 7.83. The maximum Gasteiger partial charge on any atom is 0.194 e. The fraction of sp³-hybridized carbons (Fsp3) is 0.667. The lowest BCUT2D eigenvalue weighted by molar-refractivity contribution is -0.0607. The number of halogens is 2. The Hall–Kier alpha value is -0.970. The van der Waals surface area contributed by atoms with Gasteiger partial charge in [0.25, 0.3) is 0 Å². The highest BCUT2D eigenvalue weighted by molar-refractivity contribution is 14.0. The summed E-state index contributed by atoms with van der Waals surface area (Å²) >= 11 is 0. The molecule has 0 amide bonds. The van der Waals surface area contributed by atoms with Crippen LogP contribution in [0.15, 0.2) is 29.3 Å². The normalized spacial score (nSPS) is 24.7. The van der Waals surface area contributed by atoms with Crippen molar-refractivity contribution in [1.82, 2.24) is 10.2 Å². The van der Waals surface area contributed by atoms with Crippen molar-refractivity contribution in [3.05, 3.63) is 35.6 Å². The van der Waals surface area contributed by atoms with Gasteiger partial charge in [0.05, 0.1) is 25.8 Å². The fourth-order valence-corrected chi connectivity index (χ4v) is 3.82. The number of ether oxygens (including phenoxy) is 2. The minimum Gasteiger partial charge on any atom is -0.396 e. The summed E-state index contributed by atoms with van der Waals surface area (Å²) < 4.78 is 24.8. The first-order valence-corrected chi connectivity index (χ1v) is 10.2. The molecule has 0 radical (unpaired) electrons. The monoisotopic (exact) mass is 521 g/mol. The highest BCUT2D eigenvalue weighted by atomic mass is 127. The average Bonchev–Trinajstić information content (AvgIpc) is 2.72. The Labute approximate surface area is 189 Å². The summed E-state index contributed by atoms with van der Waals surface area (Å²) in [4.78, 5) is 7.09. The van der Waals surface area contributed by atoms with Gasteiger partial charge in [-0.1, -0.05) is 12.1 Å². The number of hydrogen-bond acceptors (Lipinski definition) is 4. The molecule has 0 aliphatic carbocycles. The quantitative estimate of drug-likeness (QED) is 0.355. The lowest BCUT2D eigenvalue weighted by Gasteiger charge is -2.39. The van der Waals surface area contributed by atoms with Crippen LogP contribution in [0.3, 0.4) is 0 Å². The van der Waals surface area contributed by atoms with E-state index in [1.54, 1.807) is 12.1 Å². The van der Waals surface area contributed by atoms with Crippen molar-refractivity contribution in [2.24, 2.45) is 10.4 Å². The molecule has 0 spiro atoms. The zero-order chi connectivity index (χ0) is 20.0. The van der Waals surface area contributed by atoms with Crippen molar-refractivity contribution in [3.8, 4) is 0 Å². The third kappa shape index (κ3) is 6.50. The van der Waals surface area contributed by atoms with Gasteiger partial charge in [-0.15, -0.1) is 24.0 Å². The SMILES string of the molecule is CCNC(=NCC1(CO)CCOCC1)N1CC(C)OC(c2ccc(F)cc2)C1.I. The summed E-state index contributed by atoms with van der Waals surface area (Å²) in [5.41, 5.74) is 0.762. The number of aliphatic imine (C=N–C) groups is 1. The molecule has 1 aromatic carbocycles. The highest BCUT2D eigenvalue weighted by Crippen LogP contribution is 2.31. The third-order valence-electron chi connectivity index (χ3n) is 5.59. The van der Waals surface area contributed by atoms with Crippen LogP contribution in [0, 0.1) is 11.2 Å². The molecule has 3 rings (SSSR count). The Morgan fingerprint density at radius 1 is 1.28 bits per heavy atom. The van der Waals surface area contributed by atoms with Gasteiger partial charge in [0, 0.05) is 31.7 Å². The predicted molar refractivity (Wildman–Crippen MR) is 122 cm³/mol. The number of rotatable bonds is 5. The molecule has 0 aromatic heterocycles. The molecule has 1 aromatic rings. The molecule has 2 N–H and O–H groups in total. The molecule has 0 saturated carbocycles. The molecular weight excluding hydrogens is 488 g/mol. The number of hydrogen-bond donors (Lipinski definition) is 2. The van der Waals surface area contributed by atoms with E-state index in [2.05, 4.69) is 10.2 Å². The number of nitrogens with one attached hydrogen (secondary N) is 1. The second-order valence-electron chi connectivity index (χ2n) is 7.83. The van der Waals surface area contributed by atoms with Crippen LogP contribution in [0.1, 0.15) is 38.4 Å². The molecule has 29 heavy (non-hydrogen) atoms. The summed E-state index contributed by atoms with van der Waals surface area (Å²) in [5, 5.41) is 13.3. The fourth-order valence-electron chi connectivity index (χ4n) is 3.82. The minimum atomic E-state index is -0.245. The average molecular weight is 521 g/mol. The molecule has 0 bridgehead atoms. The van der Waals surface area contributed by atoms with E-state index >= 15 is 0 Å². The first-order valence-electron chi connectivity index (χ1n) is 10.2. The molecular formula is C21H33FIN3O3. The van der Waals surface area contributed by atoms with Gasteiger partial charge in [0.2, 0.25) is 0 Å². The molecule has 2 fully saturated rings. The summed E-state index contributed by atoms with van der Waals surface area (Å²) in [6.07, 6.45) is 1.54. The Morgan fingerprint density at radius 3 is 2.59 bits per heavy atom. The third-order valence-corrected chi connectivity index (χ3v) is 5.59. The van der Waals surface area contributed by atoms with E-state index in [-0.39, 0.29) is 54.0 Å². The van der Waals surface area contributed by atoms with Crippen LogP contribution in [0.4, 0.5) is 4.39 Å². The summed E-state index contributed by atoms with van der Waals surface area (Å²) in [5.74, 6) is 0.592. The molecule has 2 saturated heterocycles. The lowest BCUT2D eigenvalue weighted by atomic mass is 9.81. The van der Waals surface area contributed by atoms with Crippen LogP contribution in [0.25, 0.3) is 0 Å². The number of morpholine rings is 1. The minimum absolute atomic E-state index is 0. The van der Waals surface area contributed by atoms with Gasteiger partial charge in [-0.3, -0.25) is 4.99 Å². The number of aliphatic hydroxyl groups is 1. The number of nitrogens with zero attached hydrogens (tertiary/aromatic N) is 2. The van der Waals surface area contributed by atoms with Gasteiger partial charge < -0.3 is 24.8 Å².